The van der Waals surface area contributed by atoms with Crippen LogP contribution >= 0.6 is 0 Å². The highest BCUT2D eigenvalue weighted by Gasteiger charge is 2.39. The Balaban J connectivity index is 1.31. The Bertz CT molecular complexity index is 787. The molecule has 0 unspecified atom stereocenters. The number of aromatic amines is 1. The van der Waals surface area contributed by atoms with Crippen LogP contribution in [-0.2, 0) is 11.2 Å². The molecule has 6 nitrogen and oxygen atoms in total. The lowest BCUT2D eigenvalue weighted by atomic mass is 9.88. The summed E-state index contributed by atoms with van der Waals surface area (Å²) in [7, 11) is 1.85. The van der Waals surface area contributed by atoms with E-state index in [1.165, 1.54) is 42.4 Å². The molecule has 2 aliphatic rings. The molecule has 0 amide bonds. The SMILES string of the molecule is CN=C(NCCc1c[nH]c2ccccc12)NCC1(N2CCCC2)CCOCC1. The highest BCUT2D eigenvalue weighted by Crippen LogP contribution is 2.30. The number of guanidine groups is 1. The van der Waals surface area contributed by atoms with Crippen molar-refractivity contribution in [2.24, 2.45) is 4.99 Å². The van der Waals surface area contributed by atoms with Gasteiger partial charge in [0, 0.05) is 56.0 Å². The predicted molar refractivity (Wildman–Crippen MR) is 115 cm³/mol. The van der Waals surface area contributed by atoms with Crippen molar-refractivity contribution in [2.45, 2.75) is 37.6 Å². The molecule has 0 saturated carbocycles. The maximum absolute atomic E-state index is 5.66. The highest BCUT2D eigenvalue weighted by molar-refractivity contribution is 5.83. The topological polar surface area (TPSA) is 64.7 Å². The maximum Gasteiger partial charge on any atom is 0.191 e. The van der Waals surface area contributed by atoms with Crippen LogP contribution in [0, 0.1) is 0 Å². The number of rotatable bonds is 6. The first kappa shape index (κ1) is 19.3. The maximum atomic E-state index is 5.66. The molecule has 3 N–H and O–H groups in total. The Kier molecular flexibility index (Phi) is 6.17. The number of nitrogens with zero attached hydrogens (tertiary/aromatic N) is 2. The molecule has 0 aliphatic carbocycles. The number of aliphatic imine (C=N–C) groups is 1. The van der Waals surface area contributed by atoms with Gasteiger partial charge < -0.3 is 20.4 Å². The molecule has 6 heteroatoms. The summed E-state index contributed by atoms with van der Waals surface area (Å²) < 4.78 is 5.66. The van der Waals surface area contributed by atoms with Crippen LogP contribution in [0.3, 0.4) is 0 Å². The van der Waals surface area contributed by atoms with E-state index in [2.05, 4.69) is 56.0 Å². The Hall–Kier alpha value is -2.05. The monoisotopic (exact) mass is 383 g/mol. The van der Waals surface area contributed by atoms with E-state index in [1.54, 1.807) is 0 Å². The summed E-state index contributed by atoms with van der Waals surface area (Å²) in [5.41, 5.74) is 2.76. The van der Waals surface area contributed by atoms with Gasteiger partial charge >= 0.3 is 0 Å². The Morgan fingerprint density at radius 2 is 1.96 bits per heavy atom. The number of para-hydroxylation sites is 1. The third-order valence-electron chi connectivity index (χ3n) is 6.37. The first-order chi connectivity index (χ1) is 13.8. The fourth-order valence-corrected chi connectivity index (χ4v) is 4.67. The number of nitrogens with one attached hydrogen (secondary N) is 3. The number of aromatic nitrogens is 1. The minimum absolute atomic E-state index is 0.212. The third kappa shape index (κ3) is 4.18. The van der Waals surface area contributed by atoms with Crippen molar-refractivity contribution in [2.75, 3.05) is 46.4 Å². The summed E-state index contributed by atoms with van der Waals surface area (Å²) in [5.74, 6) is 0.893. The average Bonchev–Trinajstić information content (AvgIpc) is 3.42. The summed E-state index contributed by atoms with van der Waals surface area (Å²) in [6.07, 6.45) is 7.93. The van der Waals surface area contributed by atoms with Crippen LogP contribution in [0.5, 0.6) is 0 Å². The summed E-state index contributed by atoms with van der Waals surface area (Å²) in [6.45, 7) is 5.96. The Morgan fingerprint density at radius 1 is 1.18 bits per heavy atom. The van der Waals surface area contributed by atoms with Gasteiger partial charge in [0.05, 0.1) is 0 Å². The van der Waals surface area contributed by atoms with Gasteiger partial charge in [-0.3, -0.25) is 9.89 Å². The normalized spacial score (nSPS) is 20.5. The minimum atomic E-state index is 0.212. The van der Waals surface area contributed by atoms with Gasteiger partial charge in [0.1, 0.15) is 0 Å². The number of likely N-dealkylation sites (tertiary alicyclic amines) is 1. The van der Waals surface area contributed by atoms with Crippen molar-refractivity contribution in [1.29, 1.82) is 0 Å². The zero-order valence-corrected chi connectivity index (χ0v) is 17.0. The van der Waals surface area contributed by atoms with Gasteiger partial charge in [-0.1, -0.05) is 18.2 Å². The quantitative estimate of drug-likeness (QED) is 0.530. The van der Waals surface area contributed by atoms with Gasteiger partial charge in [0.25, 0.3) is 0 Å². The first-order valence-corrected chi connectivity index (χ1v) is 10.6. The molecule has 0 bridgehead atoms. The average molecular weight is 384 g/mol. The van der Waals surface area contributed by atoms with Gasteiger partial charge in [0.2, 0.25) is 0 Å². The number of hydrogen-bond donors (Lipinski definition) is 3. The number of H-pyrrole nitrogens is 1. The van der Waals surface area contributed by atoms with Crippen LogP contribution < -0.4 is 10.6 Å². The summed E-state index contributed by atoms with van der Waals surface area (Å²) in [4.78, 5) is 10.5. The van der Waals surface area contributed by atoms with Gasteiger partial charge in [-0.2, -0.15) is 0 Å². The minimum Gasteiger partial charge on any atom is -0.381 e. The Morgan fingerprint density at radius 3 is 2.75 bits per heavy atom. The number of fused-ring (bicyclic) bond motifs is 1. The molecule has 2 aliphatic heterocycles. The van der Waals surface area contributed by atoms with E-state index in [-0.39, 0.29) is 5.54 Å². The van der Waals surface area contributed by atoms with E-state index in [0.29, 0.717) is 0 Å². The molecule has 152 valence electrons. The second-order valence-corrected chi connectivity index (χ2v) is 7.99. The standard InChI is InChI=1S/C22H33N5O/c1-23-21(24-11-8-18-16-25-20-7-3-2-6-19(18)20)26-17-22(9-14-28-15-10-22)27-12-4-5-13-27/h2-3,6-7,16,25H,4-5,8-15,17H2,1H3,(H2,23,24,26). The fourth-order valence-electron chi connectivity index (χ4n) is 4.67. The zero-order valence-electron chi connectivity index (χ0n) is 17.0. The van der Waals surface area contributed by atoms with Crippen molar-refractivity contribution in [1.82, 2.24) is 20.5 Å². The zero-order chi connectivity index (χ0) is 19.2. The molecule has 0 spiro atoms. The molecular formula is C22H33N5O. The molecule has 2 aromatic rings. The van der Waals surface area contributed by atoms with Gasteiger partial charge in [-0.05, 0) is 56.8 Å². The molecular weight excluding hydrogens is 350 g/mol. The third-order valence-corrected chi connectivity index (χ3v) is 6.37. The number of hydrogen-bond acceptors (Lipinski definition) is 3. The van der Waals surface area contributed by atoms with Crippen LogP contribution in [0.15, 0.2) is 35.5 Å². The molecule has 2 saturated heterocycles. The molecule has 0 atom stereocenters. The van der Waals surface area contributed by atoms with Crippen LogP contribution in [0.25, 0.3) is 10.9 Å². The smallest absolute Gasteiger partial charge is 0.191 e. The van der Waals surface area contributed by atoms with E-state index >= 15 is 0 Å². The van der Waals surface area contributed by atoms with Gasteiger partial charge in [-0.25, -0.2) is 0 Å². The molecule has 4 rings (SSSR count). The number of benzene rings is 1. The van der Waals surface area contributed by atoms with Crippen LogP contribution in [0.2, 0.25) is 0 Å². The van der Waals surface area contributed by atoms with Crippen molar-refractivity contribution in [3.05, 3.63) is 36.0 Å². The van der Waals surface area contributed by atoms with Crippen molar-refractivity contribution >= 4 is 16.9 Å². The van der Waals surface area contributed by atoms with Gasteiger partial charge in [0.15, 0.2) is 5.96 Å². The van der Waals surface area contributed by atoms with E-state index in [1.807, 2.05) is 7.05 Å². The van der Waals surface area contributed by atoms with Crippen LogP contribution in [0.4, 0.5) is 0 Å². The fraction of sp³-hybridized carbons (Fsp3) is 0.591. The van der Waals surface area contributed by atoms with Crippen molar-refractivity contribution in [3.8, 4) is 0 Å². The second-order valence-electron chi connectivity index (χ2n) is 7.99. The van der Waals surface area contributed by atoms with E-state index in [9.17, 15) is 0 Å². The number of ether oxygens (including phenoxy) is 1. The lowest BCUT2D eigenvalue weighted by Crippen LogP contribution is -2.58. The molecule has 0 radical (unpaired) electrons. The van der Waals surface area contributed by atoms with Crippen molar-refractivity contribution < 1.29 is 4.74 Å². The van der Waals surface area contributed by atoms with E-state index < -0.39 is 0 Å². The second kappa shape index (κ2) is 8.97. The summed E-state index contributed by atoms with van der Waals surface area (Å²) in [5, 5.41) is 8.41. The summed E-state index contributed by atoms with van der Waals surface area (Å²) >= 11 is 0. The summed E-state index contributed by atoms with van der Waals surface area (Å²) in [6, 6.07) is 8.47. The molecule has 3 heterocycles. The van der Waals surface area contributed by atoms with Crippen molar-refractivity contribution in [3.63, 3.8) is 0 Å². The largest absolute Gasteiger partial charge is 0.381 e. The Labute approximate surface area is 167 Å². The van der Waals surface area contributed by atoms with Gasteiger partial charge in [-0.15, -0.1) is 0 Å². The van der Waals surface area contributed by atoms with Crippen LogP contribution in [-0.4, -0.2) is 67.8 Å². The van der Waals surface area contributed by atoms with Crippen LogP contribution in [0.1, 0.15) is 31.2 Å². The van der Waals surface area contributed by atoms with E-state index in [0.717, 1.165) is 51.5 Å². The first-order valence-electron chi connectivity index (χ1n) is 10.6. The lowest BCUT2D eigenvalue weighted by Gasteiger charge is -2.45. The lowest BCUT2D eigenvalue weighted by molar-refractivity contribution is -0.0164. The molecule has 2 fully saturated rings. The highest BCUT2D eigenvalue weighted by atomic mass is 16.5. The molecule has 28 heavy (non-hydrogen) atoms. The molecule has 1 aromatic heterocycles. The van der Waals surface area contributed by atoms with E-state index in [4.69, 9.17) is 4.74 Å². The molecule has 1 aromatic carbocycles. The predicted octanol–water partition coefficient (Wildman–Crippen LogP) is 2.52.